The fourth-order valence-corrected chi connectivity index (χ4v) is 5.15. The van der Waals surface area contributed by atoms with Crippen molar-refractivity contribution in [2.75, 3.05) is 12.8 Å². The molecule has 0 fully saturated rings. The van der Waals surface area contributed by atoms with Crippen molar-refractivity contribution in [1.29, 1.82) is 0 Å². The Morgan fingerprint density at radius 3 is 2.32 bits per heavy atom. The van der Waals surface area contributed by atoms with Crippen LogP contribution in [0.5, 0.6) is 0 Å². The normalized spacial score (nSPS) is 15.9. The van der Waals surface area contributed by atoms with Crippen LogP contribution in [0, 0.1) is 0 Å². The maximum absolute atomic E-state index is 13.5. The van der Waals surface area contributed by atoms with E-state index in [-0.39, 0.29) is 45.7 Å². The van der Waals surface area contributed by atoms with Crippen molar-refractivity contribution in [2.24, 2.45) is 7.05 Å². The molecule has 0 amide bonds. The lowest BCUT2D eigenvalue weighted by molar-refractivity contribution is -0.137. The summed E-state index contributed by atoms with van der Waals surface area (Å²) >= 11 is 0. The van der Waals surface area contributed by atoms with Crippen LogP contribution in [0.4, 0.5) is 26.3 Å². The molecule has 0 bridgehead atoms. The zero-order valence-electron chi connectivity index (χ0n) is 20.4. The second-order valence-corrected chi connectivity index (χ2v) is 10.9. The molecule has 202 valence electrons. The molecule has 3 aromatic rings. The molecular formula is C25H23F6N4O2S+. The molecule has 2 aromatic heterocycles. The van der Waals surface area contributed by atoms with E-state index < -0.39 is 33.8 Å². The Bertz CT molecular complexity index is 1490. The molecular weight excluding hydrogens is 534 g/mol. The fraction of sp³-hybridized carbons (Fsp3) is 0.280. The summed E-state index contributed by atoms with van der Waals surface area (Å²) in [5.74, 6) is -0.111. The zero-order chi connectivity index (χ0) is 28.0. The lowest BCUT2D eigenvalue weighted by Crippen LogP contribution is -2.31. The highest BCUT2D eigenvalue weighted by Crippen LogP contribution is 2.37. The van der Waals surface area contributed by atoms with E-state index >= 15 is 0 Å². The summed E-state index contributed by atoms with van der Waals surface area (Å²) in [5.41, 5.74) is -1.24. The van der Waals surface area contributed by atoms with Crippen LogP contribution in [-0.2, 0) is 34.2 Å². The number of fused-ring (bicyclic) bond motifs is 1. The summed E-state index contributed by atoms with van der Waals surface area (Å²) in [6.45, 7) is 1.38. The predicted octanol–water partition coefficient (Wildman–Crippen LogP) is 6.37. The van der Waals surface area contributed by atoms with Gasteiger partial charge in [0.1, 0.15) is 11.4 Å². The van der Waals surface area contributed by atoms with E-state index in [2.05, 4.69) is 9.97 Å². The Morgan fingerprint density at radius 2 is 1.68 bits per heavy atom. The monoisotopic (exact) mass is 557 g/mol. The van der Waals surface area contributed by atoms with Crippen LogP contribution in [0.15, 0.2) is 47.0 Å². The number of hydrogen-bond acceptors (Lipinski definition) is 4. The van der Waals surface area contributed by atoms with Gasteiger partial charge in [-0.1, -0.05) is 28.5 Å². The Balaban J connectivity index is 1.86. The van der Waals surface area contributed by atoms with Crippen molar-refractivity contribution < 1.29 is 35.1 Å². The van der Waals surface area contributed by atoms with E-state index in [1.54, 1.807) is 7.05 Å². The molecule has 1 unspecified atom stereocenters. The summed E-state index contributed by atoms with van der Waals surface area (Å²) in [6, 6.07) is 7.68. The first kappa shape index (κ1) is 27.6. The highest BCUT2D eigenvalue weighted by atomic mass is 32.3. The molecule has 0 radical (unpaired) electrons. The minimum Gasteiger partial charge on any atom is -0.365 e. The number of pyridine rings is 1. The standard InChI is InChI=1S/C25H22F6N4O2S/c1-4-38(36,37)20-12-11-16(10-9-15-7-5-6-8-17(15)24(26,27)28)32-22(20)23-33-18-13-21(25(29,30)31)34(2)14-19(18)35(23)3/h5-13H,4,14H2,1-3H3/p+1/b10-9+. The molecule has 6 nitrogen and oxygen atoms in total. The SMILES string of the molecule is CC[S+](=O)(O)c1ccc(/C=C/c2ccccc2C(F)(F)F)nc1-c1nc2c(n1C)CN(C)C(C(F)(F)F)=C2. The molecule has 1 aromatic carbocycles. The second-order valence-electron chi connectivity index (χ2n) is 8.64. The van der Waals surface area contributed by atoms with E-state index in [0.29, 0.717) is 5.69 Å². The van der Waals surface area contributed by atoms with Crippen LogP contribution in [0.2, 0.25) is 0 Å². The molecule has 13 heteroatoms. The minimum atomic E-state index is -4.60. The lowest BCUT2D eigenvalue weighted by Gasteiger charge is -2.27. The third-order valence-corrected chi connectivity index (χ3v) is 7.93. The van der Waals surface area contributed by atoms with Crippen LogP contribution >= 0.6 is 0 Å². The number of nitrogens with zero attached hydrogens (tertiary/aromatic N) is 4. The average Bonchev–Trinajstić information content (AvgIpc) is 3.16. The summed E-state index contributed by atoms with van der Waals surface area (Å²) in [5, 5.41) is 0. The summed E-state index contributed by atoms with van der Waals surface area (Å²) < 4.78 is 106. The van der Waals surface area contributed by atoms with E-state index in [1.165, 1.54) is 61.0 Å². The van der Waals surface area contributed by atoms with E-state index in [0.717, 1.165) is 17.0 Å². The van der Waals surface area contributed by atoms with E-state index in [1.807, 2.05) is 0 Å². The van der Waals surface area contributed by atoms with Crippen molar-refractivity contribution in [3.05, 3.63) is 70.3 Å². The molecule has 0 aliphatic carbocycles. The fourth-order valence-electron chi connectivity index (χ4n) is 4.12. The topological polar surface area (TPSA) is 71.2 Å². The molecule has 3 heterocycles. The van der Waals surface area contributed by atoms with Gasteiger partial charge in [0.15, 0.2) is 11.5 Å². The number of allylic oxidation sites excluding steroid dienone is 1. The number of halogens is 6. The van der Waals surface area contributed by atoms with Crippen LogP contribution in [0.3, 0.4) is 0 Å². The number of benzene rings is 1. The van der Waals surface area contributed by atoms with Crippen molar-refractivity contribution in [2.45, 2.75) is 30.7 Å². The third-order valence-electron chi connectivity index (χ3n) is 6.13. The van der Waals surface area contributed by atoms with Gasteiger partial charge in [0.2, 0.25) is 15.1 Å². The van der Waals surface area contributed by atoms with Gasteiger partial charge in [-0.15, -0.1) is 0 Å². The Hall–Kier alpha value is -3.45. The van der Waals surface area contributed by atoms with Gasteiger partial charge in [-0.05, 0) is 36.8 Å². The maximum Gasteiger partial charge on any atom is 0.431 e. The van der Waals surface area contributed by atoms with Crippen molar-refractivity contribution in [3.63, 3.8) is 0 Å². The van der Waals surface area contributed by atoms with Crippen molar-refractivity contribution >= 4 is 28.4 Å². The molecule has 0 saturated heterocycles. The first-order chi connectivity index (χ1) is 17.6. The van der Waals surface area contributed by atoms with Gasteiger partial charge in [0.25, 0.3) is 0 Å². The van der Waals surface area contributed by atoms with Gasteiger partial charge in [0, 0.05) is 20.2 Å². The van der Waals surface area contributed by atoms with Crippen molar-refractivity contribution in [1.82, 2.24) is 19.4 Å². The number of alkyl halides is 6. The number of rotatable bonds is 5. The van der Waals surface area contributed by atoms with E-state index in [4.69, 9.17) is 0 Å². The average molecular weight is 558 g/mol. The molecule has 1 N–H and O–H groups in total. The summed E-state index contributed by atoms with van der Waals surface area (Å²) in [7, 11) is -0.747. The largest absolute Gasteiger partial charge is 0.431 e. The molecule has 0 spiro atoms. The predicted molar refractivity (Wildman–Crippen MR) is 132 cm³/mol. The highest BCUT2D eigenvalue weighted by molar-refractivity contribution is 7.97. The van der Waals surface area contributed by atoms with Crippen LogP contribution in [0.1, 0.15) is 35.1 Å². The van der Waals surface area contributed by atoms with Gasteiger partial charge in [0.05, 0.1) is 29.2 Å². The molecule has 0 saturated carbocycles. The quantitative estimate of drug-likeness (QED) is 0.292. The number of imidazole rings is 1. The van der Waals surface area contributed by atoms with Gasteiger partial charge >= 0.3 is 12.4 Å². The maximum atomic E-state index is 13.5. The summed E-state index contributed by atoms with van der Waals surface area (Å²) in [6.07, 6.45) is -5.74. The summed E-state index contributed by atoms with van der Waals surface area (Å²) in [4.78, 5) is 9.68. The molecule has 4 rings (SSSR count). The highest BCUT2D eigenvalue weighted by Gasteiger charge is 2.40. The minimum absolute atomic E-state index is 0.0432. The third kappa shape index (κ3) is 5.25. The Morgan fingerprint density at radius 1 is 1.00 bits per heavy atom. The first-order valence-electron chi connectivity index (χ1n) is 11.3. The zero-order valence-corrected chi connectivity index (χ0v) is 21.2. The Labute approximate surface area is 215 Å². The first-order valence-corrected chi connectivity index (χ1v) is 13.0. The van der Waals surface area contributed by atoms with Crippen LogP contribution in [0.25, 0.3) is 29.7 Å². The van der Waals surface area contributed by atoms with E-state index in [9.17, 15) is 35.1 Å². The van der Waals surface area contributed by atoms with Crippen LogP contribution < -0.4 is 0 Å². The lowest BCUT2D eigenvalue weighted by atomic mass is 10.1. The second kappa shape index (κ2) is 9.70. The molecule has 1 aliphatic rings. The smallest absolute Gasteiger partial charge is 0.365 e. The number of hydrogen-bond donors (Lipinski definition) is 1. The van der Waals surface area contributed by atoms with Gasteiger partial charge in [-0.2, -0.15) is 30.9 Å². The van der Waals surface area contributed by atoms with Crippen molar-refractivity contribution in [3.8, 4) is 11.5 Å². The molecule has 1 atom stereocenters. The van der Waals surface area contributed by atoms with Gasteiger partial charge < -0.3 is 9.47 Å². The number of aromatic nitrogens is 3. The van der Waals surface area contributed by atoms with Crippen LogP contribution in [-0.4, -0.2) is 43.0 Å². The van der Waals surface area contributed by atoms with Gasteiger partial charge in [-0.3, -0.25) is 0 Å². The Kier molecular flexibility index (Phi) is 7.04. The molecule has 1 aliphatic heterocycles. The van der Waals surface area contributed by atoms with Gasteiger partial charge in [-0.25, -0.2) is 9.97 Å². The molecule has 38 heavy (non-hydrogen) atoms.